The van der Waals surface area contributed by atoms with E-state index in [1.165, 1.54) is 104 Å². The first-order chi connectivity index (χ1) is 20.1. The Morgan fingerprint density at radius 3 is 1.90 bits per heavy atom. The fourth-order valence-corrected chi connectivity index (χ4v) is 5.89. The maximum atomic E-state index is 12.0. The summed E-state index contributed by atoms with van der Waals surface area (Å²) in [7, 11) is 0. The SMILES string of the molecule is CCCCCCCC=CC1=C(c2cccc(CCCC)c2)[N+](=[N-])C(c2ccc(CCCC)cc2)=C1CCCCCC. The second-order valence-corrected chi connectivity index (χ2v) is 11.9. The van der Waals surface area contributed by atoms with Crippen LogP contribution in [0.2, 0.25) is 0 Å². The van der Waals surface area contributed by atoms with Gasteiger partial charge in [-0.1, -0.05) is 122 Å². The number of nitrogens with zero attached hydrogens (tertiary/aromatic N) is 2. The van der Waals surface area contributed by atoms with E-state index >= 15 is 0 Å². The maximum Gasteiger partial charge on any atom is 0.215 e. The lowest BCUT2D eigenvalue weighted by atomic mass is 9.93. The second kappa shape index (κ2) is 18.6. The first kappa shape index (κ1) is 32.8. The summed E-state index contributed by atoms with van der Waals surface area (Å²) >= 11 is 0. The van der Waals surface area contributed by atoms with Gasteiger partial charge in [0.25, 0.3) is 0 Å². The Balaban J connectivity index is 2.03. The Morgan fingerprint density at radius 2 is 1.22 bits per heavy atom. The molecule has 0 aromatic heterocycles. The molecule has 41 heavy (non-hydrogen) atoms. The van der Waals surface area contributed by atoms with Crippen molar-refractivity contribution in [1.82, 2.24) is 0 Å². The average molecular weight is 553 g/mol. The van der Waals surface area contributed by atoms with Gasteiger partial charge in [-0.25, -0.2) is 4.70 Å². The highest BCUT2D eigenvalue weighted by Gasteiger charge is 2.34. The lowest BCUT2D eigenvalue weighted by molar-refractivity contribution is -0.345. The van der Waals surface area contributed by atoms with Gasteiger partial charge in [0.2, 0.25) is 11.4 Å². The Hall–Kier alpha value is -2.74. The largest absolute Gasteiger partial charge is 0.493 e. The van der Waals surface area contributed by atoms with E-state index in [2.05, 4.69) is 88.4 Å². The summed E-state index contributed by atoms with van der Waals surface area (Å²) in [6, 6.07) is 17.9. The van der Waals surface area contributed by atoms with Crippen molar-refractivity contribution in [2.45, 2.75) is 137 Å². The molecule has 0 bridgehead atoms. The molecule has 0 saturated carbocycles. The molecular formula is C39H56N2. The van der Waals surface area contributed by atoms with Gasteiger partial charge in [0, 0.05) is 16.7 Å². The highest BCUT2D eigenvalue weighted by molar-refractivity contribution is 5.84. The minimum absolute atomic E-state index is 0.945. The first-order valence-electron chi connectivity index (χ1n) is 17.0. The van der Waals surface area contributed by atoms with E-state index in [-0.39, 0.29) is 0 Å². The molecule has 1 aliphatic heterocycles. The number of rotatable bonds is 20. The van der Waals surface area contributed by atoms with Gasteiger partial charge in [-0.15, -0.1) is 0 Å². The zero-order valence-electron chi connectivity index (χ0n) is 26.7. The van der Waals surface area contributed by atoms with Gasteiger partial charge < -0.3 is 5.53 Å². The first-order valence-corrected chi connectivity index (χ1v) is 17.0. The van der Waals surface area contributed by atoms with Crippen LogP contribution >= 0.6 is 0 Å². The molecule has 1 heterocycles. The van der Waals surface area contributed by atoms with Gasteiger partial charge in [0.05, 0.1) is 5.57 Å². The Bertz CT molecular complexity index is 1160. The van der Waals surface area contributed by atoms with Crippen molar-refractivity contribution >= 4 is 11.4 Å². The van der Waals surface area contributed by atoms with E-state index in [0.717, 1.165) is 54.6 Å². The molecule has 222 valence electrons. The Kier molecular flexibility index (Phi) is 14.9. The van der Waals surface area contributed by atoms with Crippen molar-refractivity contribution in [3.8, 4) is 0 Å². The van der Waals surface area contributed by atoms with Gasteiger partial charge >= 0.3 is 0 Å². The average Bonchev–Trinajstić information content (AvgIpc) is 3.27. The van der Waals surface area contributed by atoms with Gasteiger partial charge in [-0.05, 0) is 86.8 Å². The Morgan fingerprint density at radius 1 is 0.585 bits per heavy atom. The molecule has 0 N–H and O–H groups in total. The van der Waals surface area contributed by atoms with Crippen molar-refractivity contribution in [1.29, 1.82) is 0 Å². The number of hydrogen-bond acceptors (Lipinski definition) is 0. The summed E-state index contributed by atoms with van der Waals surface area (Å²) < 4.78 is 1.52. The molecule has 0 spiro atoms. The summed E-state index contributed by atoms with van der Waals surface area (Å²) in [5, 5.41) is 0. The lowest BCUT2D eigenvalue weighted by Crippen LogP contribution is -2.03. The number of allylic oxidation sites excluding steroid dienone is 4. The molecule has 0 atom stereocenters. The maximum absolute atomic E-state index is 12.0. The summed E-state index contributed by atoms with van der Waals surface area (Å²) in [4.78, 5) is 0. The van der Waals surface area contributed by atoms with E-state index < -0.39 is 0 Å². The van der Waals surface area contributed by atoms with Crippen molar-refractivity contribution < 1.29 is 4.70 Å². The molecule has 2 aromatic carbocycles. The minimum atomic E-state index is 0.945. The molecule has 2 heteroatoms. The third-order valence-electron chi connectivity index (χ3n) is 8.39. The smallest absolute Gasteiger partial charge is 0.215 e. The normalized spacial score (nSPS) is 13.8. The van der Waals surface area contributed by atoms with E-state index in [4.69, 9.17) is 0 Å². The highest BCUT2D eigenvalue weighted by atomic mass is 15.2. The van der Waals surface area contributed by atoms with E-state index in [1.807, 2.05) is 0 Å². The molecule has 2 nitrogen and oxygen atoms in total. The zero-order valence-corrected chi connectivity index (χ0v) is 26.7. The molecule has 1 aliphatic rings. The molecule has 0 saturated heterocycles. The summed E-state index contributed by atoms with van der Waals surface area (Å²) in [6.45, 7) is 9.04. The Labute approximate surface area is 252 Å². The van der Waals surface area contributed by atoms with Crippen molar-refractivity contribution in [2.24, 2.45) is 0 Å². The van der Waals surface area contributed by atoms with Gasteiger partial charge in [-0.2, -0.15) is 0 Å². The topological polar surface area (TPSA) is 25.3 Å². The third kappa shape index (κ3) is 9.94. The second-order valence-electron chi connectivity index (χ2n) is 11.9. The van der Waals surface area contributed by atoms with Crippen molar-refractivity contribution in [3.63, 3.8) is 0 Å². The lowest BCUT2D eigenvalue weighted by Gasteiger charge is -2.11. The molecule has 0 radical (unpaired) electrons. The predicted molar refractivity (Wildman–Crippen MR) is 179 cm³/mol. The summed E-state index contributed by atoms with van der Waals surface area (Å²) in [6.07, 6.45) is 25.1. The quantitative estimate of drug-likeness (QED) is 0.115. The van der Waals surface area contributed by atoms with Crippen LogP contribution in [0, 0.1) is 0 Å². The molecule has 0 unspecified atom stereocenters. The van der Waals surface area contributed by atoms with Gasteiger partial charge in [0.15, 0.2) is 0 Å². The number of benzene rings is 2. The third-order valence-corrected chi connectivity index (χ3v) is 8.39. The van der Waals surface area contributed by atoms with Crippen LogP contribution in [0.15, 0.2) is 71.8 Å². The fraction of sp³-hybridized carbons (Fsp3) is 0.538. The van der Waals surface area contributed by atoms with Gasteiger partial charge in [0.1, 0.15) is 0 Å². The predicted octanol–water partition coefficient (Wildman–Crippen LogP) is 12.4. The number of hydrogen-bond donors (Lipinski definition) is 0. The number of aryl methyl sites for hydroxylation is 2. The zero-order chi connectivity index (χ0) is 29.3. The highest BCUT2D eigenvalue weighted by Crippen LogP contribution is 2.43. The standard InChI is InChI=1S/C39H56N2/c1-5-9-13-15-16-17-19-26-37-36(25-18-14-10-6-2)38(34-29-27-32(28-30-34)21-11-7-3)41(40)39(37)35-24-20-23-33(31-35)22-12-8-4/h19-20,23-24,26-31H,5-18,21-22,25H2,1-4H3. The molecule has 0 amide bonds. The van der Waals surface area contributed by atoms with Crippen molar-refractivity contribution in [2.75, 3.05) is 0 Å². The van der Waals surface area contributed by atoms with Crippen molar-refractivity contribution in [3.05, 3.63) is 99.6 Å². The van der Waals surface area contributed by atoms with Crippen LogP contribution in [0.3, 0.4) is 0 Å². The van der Waals surface area contributed by atoms with Crippen LogP contribution in [0.1, 0.15) is 146 Å². The minimum Gasteiger partial charge on any atom is -0.493 e. The van der Waals surface area contributed by atoms with Crippen LogP contribution < -0.4 is 0 Å². The van der Waals surface area contributed by atoms with E-state index in [1.54, 1.807) is 0 Å². The van der Waals surface area contributed by atoms with Crippen LogP contribution in [-0.4, -0.2) is 4.70 Å². The summed E-state index contributed by atoms with van der Waals surface area (Å²) in [5.41, 5.74) is 21.3. The number of unbranched alkanes of at least 4 members (excludes halogenated alkanes) is 10. The van der Waals surface area contributed by atoms with E-state index in [0.29, 0.717) is 0 Å². The van der Waals surface area contributed by atoms with Crippen LogP contribution in [0.4, 0.5) is 0 Å². The molecule has 3 rings (SSSR count). The summed E-state index contributed by atoms with van der Waals surface area (Å²) in [5.74, 6) is 0. The molecule has 0 aliphatic carbocycles. The van der Waals surface area contributed by atoms with Crippen LogP contribution in [-0.2, 0) is 12.8 Å². The monoisotopic (exact) mass is 552 g/mol. The van der Waals surface area contributed by atoms with Gasteiger partial charge in [-0.3, -0.25) is 0 Å². The fourth-order valence-electron chi connectivity index (χ4n) is 5.89. The van der Waals surface area contributed by atoms with Crippen LogP contribution in [0.25, 0.3) is 16.9 Å². The molecule has 0 fully saturated rings. The molecule has 2 aromatic rings. The van der Waals surface area contributed by atoms with E-state index in [9.17, 15) is 5.53 Å². The van der Waals surface area contributed by atoms with Crippen LogP contribution in [0.5, 0.6) is 0 Å². The molecular weight excluding hydrogens is 496 g/mol.